The molecule has 1 rings (SSSR count). The molecular weight excluding hydrogens is 359 g/mol. The Morgan fingerprint density at radius 1 is 1.25 bits per heavy atom. The highest BCUT2D eigenvalue weighted by atomic mass is 32.1. The molecule has 1 amide bonds. The quantitative estimate of drug-likeness (QED) is 0.399. The number of anilines is 2. The van der Waals surface area contributed by atoms with E-state index in [1.54, 1.807) is 34.6 Å². The van der Waals surface area contributed by atoms with Crippen molar-refractivity contribution in [3.63, 3.8) is 0 Å². The van der Waals surface area contributed by atoms with Gasteiger partial charge in [0.25, 0.3) is 0 Å². The summed E-state index contributed by atoms with van der Waals surface area (Å²) in [4.78, 5) is 21.3. The fraction of sp³-hybridized carbons (Fsp3) is 0.615. The molecule has 0 aliphatic rings. The number of nitrogens with one attached hydrogen (secondary N) is 1. The number of carbonyl (C=O) groups excluding carboxylic acids is 1. The SMILES string of the molecule is CCOOP(=O)(OOCC)c1cc(N)c(NC(=O)OC(C)(C)C)s1. The molecule has 3 N–H and O–H groups in total. The molecular formula is C13H23N2O7PS. The molecule has 0 unspecified atom stereocenters. The monoisotopic (exact) mass is 382 g/mol. The molecule has 0 spiro atoms. The number of nitrogen functional groups attached to an aromatic ring is 1. The summed E-state index contributed by atoms with van der Waals surface area (Å²) in [6.45, 7) is 8.82. The average Bonchev–Trinajstić information content (AvgIpc) is 2.82. The van der Waals surface area contributed by atoms with E-state index in [9.17, 15) is 9.36 Å². The van der Waals surface area contributed by atoms with Crippen LogP contribution < -0.4 is 15.7 Å². The van der Waals surface area contributed by atoms with E-state index in [1.807, 2.05) is 0 Å². The second-order valence-corrected chi connectivity index (χ2v) is 8.59. The van der Waals surface area contributed by atoms with Gasteiger partial charge in [0.2, 0.25) is 0 Å². The number of rotatable bonds is 8. The molecule has 138 valence electrons. The van der Waals surface area contributed by atoms with E-state index >= 15 is 0 Å². The van der Waals surface area contributed by atoms with Crippen molar-refractivity contribution in [1.29, 1.82) is 0 Å². The molecule has 0 bridgehead atoms. The van der Waals surface area contributed by atoms with Crippen LogP contribution in [0, 0.1) is 0 Å². The predicted octanol–water partition coefficient (Wildman–Crippen LogP) is 3.43. The molecule has 0 saturated heterocycles. The van der Waals surface area contributed by atoms with Crippen LogP contribution in [0.1, 0.15) is 34.6 Å². The molecule has 24 heavy (non-hydrogen) atoms. The highest BCUT2D eigenvalue weighted by Gasteiger charge is 2.34. The number of thiophene rings is 1. The van der Waals surface area contributed by atoms with Crippen LogP contribution in [-0.2, 0) is 28.4 Å². The Morgan fingerprint density at radius 3 is 2.25 bits per heavy atom. The van der Waals surface area contributed by atoms with Crippen LogP contribution in [0.4, 0.5) is 15.5 Å². The predicted molar refractivity (Wildman–Crippen MR) is 91.3 cm³/mol. The summed E-state index contributed by atoms with van der Waals surface area (Å²) < 4.78 is 27.7. The number of nitrogens with two attached hydrogens (primary N) is 1. The summed E-state index contributed by atoms with van der Waals surface area (Å²) in [5.41, 5.74) is 5.35. The first-order valence-electron chi connectivity index (χ1n) is 7.23. The second kappa shape index (κ2) is 8.80. The lowest BCUT2D eigenvalue weighted by atomic mass is 10.2. The van der Waals surface area contributed by atoms with Crippen molar-refractivity contribution in [1.82, 2.24) is 0 Å². The highest BCUT2D eigenvalue weighted by Crippen LogP contribution is 2.51. The zero-order valence-electron chi connectivity index (χ0n) is 14.3. The summed E-state index contributed by atoms with van der Waals surface area (Å²) in [6, 6.07) is 1.36. The van der Waals surface area contributed by atoms with Crippen molar-refractivity contribution in [3.8, 4) is 0 Å². The van der Waals surface area contributed by atoms with Gasteiger partial charge in [0.05, 0.1) is 18.9 Å². The van der Waals surface area contributed by atoms with E-state index in [2.05, 4.69) is 5.32 Å². The maximum atomic E-state index is 12.7. The van der Waals surface area contributed by atoms with Gasteiger partial charge in [-0.05, 0) is 40.7 Å². The molecule has 0 fully saturated rings. The average molecular weight is 382 g/mol. The summed E-state index contributed by atoms with van der Waals surface area (Å²) >= 11 is 0.912. The van der Waals surface area contributed by atoms with Crippen LogP contribution >= 0.6 is 18.9 Å². The fourth-order valence-electron chi connectivity index (χ4n) is 1.35. The largest absolute Gasteiger partial charge is 0.444 e. The topological polar surface area (TPSA) is 118 Å². The Bertz CT molecular complexity index is 588. The Balaban J connectivity index is 2.96. The van der Waals surface area contributed by atoms with E-state index in [0.717, 1.165) is 11.3 Å². The van der Waals surface area contributed by atoms with Gasteiger partial charge in [0.15, 0.2) is 0 Å². The van der Waals surface area contributed by atoms with Gasteiger partial charge in [-0.3, -0.25) is 5.32 Å². The molecule has 1 aromatic rings. The lowest BCUT2D eigenvalue weighted by Gasteiger charge is -2.19. The molecule has 11 heteroatoms. The second-order valence-electron chi connectivity index (χ2n) is 5.46. The standard InChI is InChI=1S/C13H23N2O7PS/c1-6-18-21-23(17,22-19-7-2)10-8-9(14)11(24-10)15-12(16)20-13(3,4)5/h8H,6-7,14H2,1-5H3,(H,15,16). The van der Waals surface area contributed by atoms with Crippen molar-refractivity contribution in [2.45, 2.75) is 40.2 Å². The zero-order valence-corrected chi connectivity index (χ0v) is 16.0. The van der Waals surface area contributed by atoms with Crippen molar-refractivity contribution in [3.05, 3.63) is 6.07 Å². The molecule has 0 aliphatic carbocycles. The zero-order chi connectivity index (χ0) is 18.4. The molecule has 1 heterocycles. The third kappa shape index (κ3) is 6.39. The molecule has 1 aromatic heterocycles. The molecule has 9 nitrogen and oxygen atoms in total. The van der Waals surface area contributed by atoms with Gasteiger partial charge in [0, 0.05) is 0 Å². The van der Waals surface area contributed by atoms with Gasteiger partial charge >= 0.3 is 13.7 Å². The molecule has 0 radical (unpaired) electrons. The van der Waals surface area contributed by atoms with Crippen LogP contribution in [0.2, 0.25) is 0 Å². The number of hydrogen-bond acceptors (Lipinski definition) is 9. The smallest absolute Gasteiger partial charge is 0.424 e. The Morgan fingerprint density at radius 2 is 1.79 bits per heavy atom. The number of carbonyl (C=O) groups is 1. The maximum Gasteiger partial charge on any atom is 0.424 e. The Labute approximate surface area is 144 Å². The molecule has 0 saturated carbocycles. The maximum absolute atomic E-state index is 12.7. The first-order chi connectivity index (χ1) is 11.1. The third-order valence-electron chi connectivity index (χ3n) is 2.17. The van der Waals surface area contributed by atoms with Gasteiger partial charge < -0.3 is 10.5 Å². The molecule has 0 aromatic carbocycles. The van der Waals surface area contributed by atoms with E-state index in [-0.39, 0.29) is 28.5 Å². The van der Waals surface area contributed by atoms with E-state index < -0.39 is 19.3 Å². The van der Waals surface area contributed by atoms with E-state index in [0.29, 0.717) is 0 Å². The summed E-state index contributed by atoms with van der Waals surface area (Å²) in [6.07, 6.45) is -0.686. The number of amides is 1. The lowest BCUT2D eigenvalue weighted by molar-refractivity contribution is -0.260. The van der Waals surface area contributed by atoms with E-state index in [1.165, 1.54) is 6.07 Å². The normalized spacial score (nSPS) is 12.2. The minimum absolute atomic E-state index is 0.118. The van der Waals surface area contributed by atoms with Gasteiger partial charge in [-0.15, -0.1) is 20.7 Å². The fourth-order valence-corrected chi connectivity index (χ4v) is 3.92. The lowest BCUT2D eigenvalue weighted by Crippen LogP contribution is -2.27. The first kappa shape index (κ1) is 20.9. The Hall–Kier alpha value is -1.16. The number of hydrogen-bond donors (Lipinski definition) is 2. The van der Waals surface area contributed by atoms with Crippen LogP contribution in [0.5, 0.6) is 0 Å². The van der Waals surface area contributed by atoms with Crippen molar-refractivity contribution >= 4 is 40.3 Å². The van der Waals surface area contributed by atoms with Gasteiger partial charge in [-0.25, -0.2) is 19.1 Å². The molecule has 0 atom stereocenters. The van der Waals surface area contributed by atoms with Gasteiger partial charge in [-0.2, -0.15) is 0 Å². The van der Waals surface area contributed by atoms with Crippen molar-refractivity contribution in [2.24, 2.45) is 0 Å². The summed E-state index contributed by atoms with van der Waals surface area (Å²) in [7, 11) is -3.89. The van der Waals surface area contributed by atoms with Crippen molar-refractivity contribution in [2.75, 3.05) is 24.3 Å². The Kier molecular flexibility index (Phi) is 7.65. The minimum atomic E-state index is -3.89. The van der Waals surface area contributed by atoms with Crippen LogP contribution in [0.25, 0.3) is 0 Å². The number of ether oxygens (including phenoxy) is 1. The minimum Gasteiger partial charge on any atom is -0.444 e. The van der Waals surface area contributed by atoms with Crippen LogP contribution in [0.15, 0.2) is 6.07 Å². The summed E-state index contributed by atoms with van der Waals surface area (Å²) in [5, 5.41) is 2.74. The van der Waals surface area contributed by atoms with Gasteiger partial charge in [0.1, 0.15) is 15.2 Å². The van der Waals surface area contributed by atoms with Gasteiger partial charge in [-0.1, -0.05) is 0 Å². The van der Waals surface area contributed by atoms with Crippen LogP contribution in [-0.4, -0.2) is 24.9 Å². The van der Waals surface area contributed by atoms with Crippen molar-refractivity contribution < 1.29 is 33.2 Å². The molecule has 0 aliphatic heterocycles. The first-order valence-corrected chi connectivity index (χ1v) is 9.59. The van der Waals surface area contributed by atoms with Crippen LogP contribution in [0.3, 0.4) is 0 Å². The summed E-state index contributed by atoms with van der Waals surface area (Å²) in [5.74, 6) is 0. The third-order valence-corrected chi connectivity index (χ3v) is 5.26. The van der Waals surface area contributed by atoms with E-state index in [4.69, 9.17) is 29.6 Å². The highest BCUT2D eigenvalue weighted by molar-refractivity contribution is 7.69.